The first-order chi connectivity index (χ1) is 8.08. The lowest BCUT2D eigenvalue weighted by atomic mass is 10.3. The zero-order valence-electron chi connectivity index (χ0n) is 9.10. The predicted molar refractivity (Wildman–Crippen MR) is 61.3 cm³/mol. The van der Waals surface area contributed by atoms with Gasteiger partial charge in [-0.1, -0.05) is 0 Å². The summed E-state index contributed by atoms with van der Waals surface area (Å²) < 4.78 is 4.86. The molecule has 94 valence electrons. The molecule has 0 aliphatic heterocycles. The number of ether oxygens (including phenoxy) is 1. The van der Waals surface area contributed by atoms with Crippen molar-refractivity contribution < 1.29 is 14.5 Å². The number of rotatable bonds is 6. The number of hydrogen-bond acceptors (Lipinski definition) is 4. The molecule has 2 N–H and O–H groups in total. The molecule has 0 aromatic carbocycles. The van der Waals surface area contributed by atoms with Gasteiger partial charge in [-0.2, -0.15) is 0 Å². The summed E-state index contributed by atoms with van der Waals surface area (Å²) in [6.07, 6.45) is 1.15. The second kappa shape index (κ2) is 6.21. The molecule has 17 heavy (non-hydrogen) atoms. The van der Waals surface area contributed by atoms with Gasteiger partial charge in [-0.25, -0.2) is 0 Å². The van der Waals surface area contributed by atoms with Crippen molar-refractivity contribution in [2.45, 2.75) is 6.04 Å². The van der Waals surface area contributed by atoms with Gasteiger partial charge in [0.05, 0.1) is 23.8 Å². The lowest BCUT2D eigenvalue weighted by Crippen LogP contribution is -2.39. The van der Waals surface area contributed by atoms with Crippen molar-refractivity contribution in [2.75, 3.05) is 19.6 Å². The minimum atomic E-state index is -0.582. The molecule has 0 aliphatic carbocycles. The van der Waals surface area contributed by atoms with Crippen LogP contribution in [0.1, 0.15) is 10.5 Å². The van der Waals surface area contributed by atoms with Crippen molar-refractivity contribution in [2.24, 2.45) is 0 Å². The smallest absolute Gasteiger partial charge is 0.287 e. The number of alkyl halides is 1. The number of H-pyrrole nitrogens is 1. The standard InChI is InChI=1S/C9H12ClN3O4/c1-17-5-6(3-10)12-9(14)8-2-7(4-11-8)13(15)16/h2,4,6,11H,3,5H2,1H3,(H,12,14). The first-order valence-electron chi connectivity index (χ1n) is 4.77. The van der Waals surface area contributed by atoms with Crippen LogP contribution in [0.5, 0.6) is 0 Å². The Balaban J connectivity index is 2.65. The number of nitrogens with one attached hydrogen (secondary N) is 2. The highest BCUT2D eigenvalue weighted by Crippen LogP contribution is 2.12. The van der Waals surface area contributed by atoms with Crippen LogP contribution >= 0.6 is 11.6 Å². The van der Waals surface area contributed by atoms with E-state index in [1.165, 1.54) is 7.11 Å². The largest absolute Gasteiger partial charge is 0.383 e. The van der Waals surface area contributed by atoms with Crippen molar-refractivity contribution in [3.8, 4) is 0 Å². The number of aromatic nitrogens is 1. The molecule has 1 aromatic rings. The van der Waals surface area contributed by atoms with Gasteiger partial charge < -0.3 is 15.0 Å². The summed E-state index contributed by atoms with van der Waals surface area (Å²) in [6.45, 7) is 0.276. The number of carbonyl (C=O) groups excluding carboxylic acids is 1. The molecule has 1 heterocycles. The highest BCUT2D eigenvalue weighted by atomic mass is 35.5. The van der Waals surface area contributed by atoms with E-state index in [0.29, 0.717) is 0 Å². The van der Waals surface area contributed by atoms with Gasteiger partial charge >= 0.3 is 0 Å². The van der Waals surface area contributed by atoms with Crippen LogP contribution in [-0.2, 0) is 4.74 Å². The molecule has 0 spiro atoms. The summed E-state index contributed by atoms with van der Waals surface area (Å²) in [6, 6.07) is 0.824. The van der Waals surface area contributed by atoms with E-state index in [1.54, 1.807) is 0 Å². The van der Waals surface area contributed by atoms with E-state index in [2.05, 4.69) is 10.3 Å². The first-order valence-corrected chi connectivity index (χ1v) is 5.30. The average molecular weight is 262 g/mol. The molecule has 0 saturated carbocycles. The van der Waals surface area contributed by atoms with Crippen LogP contribution in [0.25, 0.3) is 0 Å². The highest BCUT2D eigenvalue weighted by molar-refractivity contribution is 6.18. The van der Waals surface area contributed by atoms with Gasteiger partial charge in [0, 0.05) is 19.1 Å². The Morgan fingerprint density at radius 3 is 2.94 bits per heavy atom. The van der Waals surface area contributed by atoms with Crippen LogP contribution in [0.15, 0.2) is 12.3 Å². The van der Waals surface area contributed by atoms with E-state index >= 15 is 0 Å². The molecule has 7 nitrogen and oxygen atoms in total. The summed E-state index contributed by atoms with van der Waals surface area (Å²) in [5, 5.41) is 13.0. The lowest BCUT2D eigenvalue weighted by molar-refractivity contribution is -0.384. The molecule has 0 fully saturated rings. The topological polar surface area (TPSA) is 97.3 Å². The Hall–Kier alpha value is -1.60. The SMILES string of the molecule is COCC(CCl)NC(=O)c1cc([N+](=O)[O-])c[nH]1. The van der Waals surface area contributed by atoms with Crippen LogP contribution in [0.4, 0.5) is 5.69 Å². The number of aromatic amines is 1. The predicted octanol–water partition coefficient (Wildman–Crippen LogP) is 0.906. The maximum absolute atomic E-state index is 11.6. The maximum Gasteiger partial charge on any atom is 0.287 e. The van der Waals surface area contributed by atoms with Crippen molar-refractivity contribution in [1.29, 1.82) is 0 Å². The lowest BCUT2D eigenvalue weighted by Gasteiger charge is -2.13. The summed E-state index contributed by atoms with van der Waals surface area (Å²) in [5.74, 6) is -0.261. The number of halogens is 1. The summed E-state index contributed by atoms with van der Waals surface area (Å²) in [4.78, 5) is 24.0. The van der Waals surface area contributed by atoms with Gasteiger partial charge in [-0.05, 0) is 0 Å². The zero-order chi connectivity index (χ0) is 12.8. The van der Waals surface area contributed by atoms with E-state index in [0.717, 1.165) is 12.3 Å². The first kappa shape index (κ1) is 13.5. The van der Waals surface area contributed by atoms with E-state index < -0.39 is 10.8 Å². The van der Waals surface area contributed by atoms with Crippen LogP contribution in [0, 0.1) is 10.1 Å². The Bertz CT molecular complexity index is 407. The van der Waals surface area contributed by atoms with Gasteiger partial charge in [0.1, 0.15) is 5.69 Å². The fraction of sp³-hybridized carbons (Fsp3) is 0.444. The van der Waals surface area contributed by atoms with Crippen molar-refractivity contribution >= 4 is 23.2 Å². The van der Waals surface area contributed by atoms with E-state index in [1.807, 2.05) is 0 Å². The second-order valence-electron chi connectivity index (χ2n) is 3.31. The Labute approximate surface area is 102 Å². The summed E-state index contributed by atoms with van der Waals surface area (Å²) >= 11 is 5.62. The van der Waals surface area contributed by atoms with Crippen LogP contribution in [-0.4, -0.2) is 41.5 Å². The number of carbonyl (C=O) groups is 1. The number of hydrogen-bond donors (Lipinski definition) is 2. The molecular weight excluding hydrogens is 250 g/mol. The van der Waals surface area contributed by atoms with Crippen LogP contribution in [0.3, 0.4) is 0 Å². The molecule has 1 aromatic heterocycles. The van der Waals surface area contributed by atoms with Gasteiger partial charge in [0.25, 0.3) is 11.6 Å². The zero-order valence-corrected chi connectivity index (χ0v) is 9.86. The molecule has 0 aliphatic rings. The molecule has 0 saturated heterocycles. The number of methoxy groups -OCH3 is 1. The monoisotopic (exact) mass is 261 g/mol. The molecule has 8 heteroatoms. The van der Waals surface area contributed by atoms with E-state index in [-0.39, 0.29) is 29.9 Å². The van der Waals surface area contributed by atoms with Crippen molar-refractivity contribution in [3.05, 3.63) is 28.1 Å². The average Bonchev–Trinajstić information content (AvgIpc) is 2.77. The fourth-order valence-corrected chi connectivity index (χ4v) is 1.37. The van der Waals surface area contributed by atoms with Gasteiger partial charge in [-0.15, -0.1) is 11.6 Å². The molecule has 1 rings (SSSR count). The number of nitrogens with zero attached hydrogens (tertiary/aromatic N) is 1. The Morgan fingerprint density at radius 1 is 1.76 bits per heavy atom. The fourth-order valence-electron chi connectivity index (χ4n) is 1.21. The number of amides is 1. The minimum absolute atomic E-state index is 0.114. The molecule has 0 radical (unpaired) electrons. The minimum Gasteiger partial charge on any atom is -0.383 e. The van der Waals surface area contributed by atoms with Crippen LogP contribution in [0.2, 0.25) is 0 Å². The van der Waals surface area contributed by atoms with Crippen molar-refractivity contribution in [3.63, 3.8) is 0 Å². The third-order valence-corrected chi connectivity index (χ3v) is 2.39. The second-order valence-corrected chi connectivity index (χ2v) is 3.62. The van der Waals surface area contributed by atoms with Crippen LogP contribution < -0.4 is 5.32 Å². The molecule has 1 atom stereocenters. The van der Waals surface area contributed by atoms with Crippen molar-refractivity contribution in [1.82, 2.24) is 10.3 Å². The Morgan fingerprint density at radius 2 is 2.47 bits per heavy atom. The molecule has 1 amide bonds. The van der Waals surface area contributed by atoms with Gasteiger partial charge in [-0.3, -0.25) is 14.9 Å². The number of nitro groups is 1. The quantitative estimate of drug-likeness (QED) is 0.452. The molecular formula is C9H12ClN3O4. The normalized spacial score (nSPS) is 12.1. The van der Waals surface area contributed by atoms with Gasteiger partial charge in [0.2, 0.25) is 0 Å². The Kier molecular flexibility index (Phi) is 4.92. The third kappa shape index (κ3) is 3.72. The van der Waals surface area contributed by atoms with Gasteiger partial charge in [0.15, 0.2) is 0 Å². The molecule has 1 unspecified atom stereocenters. The summed E-state index contributed by atoms with van der Waals surface area (Å²) in [5.41, 5.74) is -0.0489. The van der Waals surface area contributed by atoms with E-state index in [9.17, 15) is 14.9 Å². The van der Waals surface area contributed by atoms with E-state index in [4.69, 9.17) is 16.3 Å². The third-order valence-electron chi connectivity index (χ3n) is 2.01. The summed E-state index contributed by atoms with van der Waals surface area (Å²) in [7, 11) is 1.49. The molecule has 0 bridgehead atoms. The maximum atomic E-state index is 11.6. The highest BCUT2D eigenvalue weighted by Gasteiger charge is 2.17.